The largest absolute Gasteiger partial charge is 0.368 e. The molecule has 1 aromatic rings. The number of rotatable bonds is 2. The number of carbonyl (C=O) groups excluding carboxylic acids is 2. The molecule has 0 aromatic heterocycles. The van der Waals surface area contributed by atoms with Gasteiger partial charge in [0.05, 0.1) is 17.3 Å². The molecule has 5 heteroatoms. The molecule has 82 valence electrons. The van der Waals surface area contributed by atoms with E-state index < -0.39 is 6.03 Å². The fourth-order valence-electron chi connectivity index (χ4n) is 1.45. The highest BCUT2D eigenvalue weighted by molar-refractivity contribution is 6.72. The van der Waals surface area contributed by atoms with Crippen molar-refractivity contribution in [3.63, 3.8) is 0 Å². The summed E-state index contributed by atoms with van der Waals surface area (Å²) in [6.07, 6.45) is 0. The number of Topliss-reactive ketones (excluding diaryl/α,β-unsaturated/α-hetero) is 1. The smallest absolute Gasteiger partial charge is 0.287 e. The molecule has 0 aliphatic carbocycles. The first-order valence-electron chi connectivity index (χ1n) is 4.85. The van der Waals surface area contributed by atoms with E-state index in [9.17, 15) is 9.59 Å². The Labute approximate surface area is 97.1 Å². The zero-order valence-corrected chi connectivity index (χ0v) is 8.97. The monoisotopic (exact) mass is 225 g/mol. The van der Waals surface area contributed by atoms with Crippen LogP contribution in [0.15, 0.2) is 34.3 Å². The topological polar surface area (TPSA) is 82.7 Å². The van der Waals surface area contributed by atoms with Gasteiger partial charge in [-0.25, -0.2) is 4.79 Å². The zero-order valence-electron chi connectivity index (χ0n) is 8.97. The maximum absolute atomic E-state index is 12.0. The van der Waals surface area contributed by atoms with Crippen LogP contribution in [0, 0.1) is 11.3 Å². The van der Waals surface area contributed by atoms with E-state index in [0.29, 0.717) is 16.8 Å². The summed E-state index contributed by atoms with van der Waals surface area (Å²) < 4.78 is 0. The summed E-state index contributed by atoms with van der Waals surface area (Å²) in [7, 11) is 0. The fourth-order valence-corrected chi connectivity index (χ4v) is 1.45. The number of ketones is 1. The van der Waals surface area contributed by atoms with Crippen molar-refractivity contribution in [2.24, 2.45) is 9.98 Å². The van der Waals surface area contributed by atoms with Gasteiger partial charge in [0.15, 0.2) is 0 Å². The van der Waals surface area contributed by atoms with Crippen LogP contribution in [0.2, 0.25) is 0 Å². The molecular formula is C12H7N3O2. The van der Waals surface area contributed by atoms with Crippen LogP contribution in [0.1, 0.15) is 22.8 Å². The summed E-state index contributed by atoms with van der Waals surface area (Å²) in [4.78, 5) is 30.0. The minimum Gasteiger partial charge on any atom is -0.287 e. The van der Waals surface area contributed by atoms with Crippen molar-refractivity contribution in [2.45, 2.75) is 6.92 Å². The van der Waals surface area contributed by atoms with Gasteiger partial charge in [-0.3, -0.25) is 4.79 Å². The van der Waals surface area contributed by atoms with Crippen LogP contribution in [-0.2, 0) is 0 Å². The van der Waals surface area contributed by atoms with E-state index in [1.807, 2.05) is 6.07 Å². The third kappa shape index (κ3) is 2.01. The van der Waals surface area contributed by atoms with Crippen LogP contribution >= 0.6 is 0 Å². The lowest BCUT2D eigenvalue weighted by Gasteiger charge is -1.99. The number of nitrogens with zero attached hydrogens (tertiary/aromatic N) is 3. The van der Waals surface area contributed by atoms with E-state index in [2.05, 4.69) is 9.98 Å². The van der Waals surface area contributed by atoms with E-state index in [1.165, 1.54) is 24.3 Å². The molecule has 1 aliphatic heterocycles. The van der Waals surface area contributed by atoms with Gasteiger partial charge in [0.2, 0.25) is 5.78 Å². The molecule has 1 aromatic carbocycles. The Morgan fingerprint density at radius 3 is 2.35 bits per heavy atom. The van der Waals surface area contributed by atoms with E-state index in [4.69, 9.17) is 5.26 Å². The molecule has 17 heavy (non-hydrogen) atoms. The van der Waals surface area contributed by atoms with Crippen molar-refractivity contribution >= 4 is 23.2 Å². The third-order valence-electron chi connectivity index (χ3n) is 2.30. The summed E-state index contributed by atoms with van der Waals surface area (Å²) >= 11 is 0. The summed E-state index contributed by atoms with van der Waals surface area (Å²) in [5.41, 5.74) is 1.24. The third-order valence-corrected chi connectivity index (χ3v) is 2.30. The SMILES string of the molecule is CC1=NC(=O)N=C1C(=O)c1ccc(C#N)cc1. The molecule has 1 heterocycles. The lowest BCUT2D eigenvalue weighted by atomic mass is 10.0. The number of nitriles is 1. The molecule has 0 N–H and O–H groups in total. The van der Waals surface area contributed by atoms with Crippen LogP contribution in [-0.4, -0.2) is 23.2 Å². The molecule has 0 atom stereocenters. The van der Waals surface area contributed by atoms with Crippen molar-refractivity contribution in [1.29, 1.82) is 5.26 Å². The molecule has 2 rings (SSSR count). The maximum Gasteiger partial charge on any atom is 0.368 e. The van der Waals surface area contributed by atoms with Gasteiger partial charge in [-0.2, -0.15) is 15.2 Å². The molecular weight excluding hydrogens is 218 g/mol. The van der Waals surface area contributed by atoms with Gasteiger partial charge in [0.1, 0.15) is 5.71 Å². The Bertz CT molecular complexity index is 604. The highest BCUT2D eigenvalue weighted by Gasteiger charge is 2.23. The van der Waals surface area contributed by atoms with Crippen molar-refractivity contribution in [3.05, 3.63) is 35.4 Å². The van der Waals surface area contributed by atoms with E-state index in [-0.39, 0.29) is 11.5 Å². The molecule has 0 saturated heterocycles. The van der Waals surface area contributed by atoms with E-state index >= 15 is 0 Å². The predicted molar refractivity (Wildman–Crippen MR) is 61.4 cm³/mol. The van der Waals surface area contributed by atoms with Crippen molar-refractivity contribution in [2.75, 3.05) is 0 Å². The second kappa shape index (κ2) is 4.10. The molecule has 1 aliphatic rings. The molecule has 0 unspecified atom stereocenters. The fraction of sp³-hybridized carbons (Fsp3) is 0.0833. The van der Waals surface area contributed by atoms with Crippen molar-refractivity contribution < 1.29 is 9.59 Å². The van der Waals surface area contributed by atoms with Gasteiger partial charge >= 0.3 is 6.03 Å². The number of hydrogen-bond donors (Lipinski definition) is 0. The number of amides is 2. The summed E-state index contributed by atoms with van der Waals surface area (Å²) in [6, 6.07) is 7.44. The zero-order chi connectivity index (χ0) is 12.4. The molecule has 0 bridgehead atoms. The quantitative estimate of drug-likeness (QED) is 0.719. The molecule has 0 fully saturated rings. The van der Waals surface area contributed by atoms with Gasteiger partial charge in [-0.1, -0.05) is 0 Å². The van der Waals surface area contributed by atoms with Gasteiger partial charge in [-0.15, -0.1) is 0 Å². The highest BCUT2D eigenvalue weighted by Crippen LogP contribution is 2.09. The Hall–Kier alpha value is -2.61. The van der Waals surface area contributed by atoms with Crippen molar-refractivity contribution in [3.8, 4) is 6.07 Å². The van der Waals surface area contributed by atoms with Crippen LogP contribution in [0.25, 0.3) is 0 Å². The Balaban J connectivity index is 2.33. The average Bonchev–Trinajstić information content (AvgIpc) is 2.68. The molecule has 5 nitrogen and oxygen atoms in total. The first-order chi connectivity index (χ1) is 8.11. The Morgan fingerprint density at radius 1 is 1.24 bits per heavy atom. The highest BCUT2D eigenvalue weighted by atomic mass is 16.2. The summed E-state index contributed by atoms with van der Waals surface area (Å²) in [5.74, 6) is -0.360. The number of benzene rings is 1. The number of urea groups is 1. The van der Waals surface area contributed by atoms with Crippen LogP contribution in [0.3, 0.4) is 0 Å². The van der Waals surface area contributed by atoms with Gasteiger partial charge in [-0.05, 0) is 31.2 Å². The number of carbonyl (C=O) groups is 2. The predicted octanol–water partition coefficient (Wildman–Crippen LogP) is 1.78. The van der Waals surface area contributed by atoms with Gasteiger partial charge in [0.25, 0.3) is 0 Å². The molecule has 0 radical (unpaired) electrons. The standard InChI is InChI=1S/C12H7N3O2/c1-7-10(15-12(17)14-7)11(16)9-4-2-8(6-13)3-5-9/h2-5H,1H3. The van der Waals surface area contributed by atoms with E-state index in [1.54, 1.807) is 6.92 Å². The number of aliphatic imine (C=N–C) groups is 2. The second-order valence-electron chi connectivity index (χ2n) is 3.46. The summed E-state index contributed by atoms with van der Waals surface area (Å²) in [6.45, 7) is 1.56. The summed E-state index contributed by atoms with van der Waals surface area (Å²) in [5, 5.41) is 8.63. The Kier molecular flexibility index (Phi) is 2.63. The second-order valence-corrected chi connectivity index (χ2v) is 3.46. The maximum atomic E-state index is 12.0. The van der Waals surface area contributed by atoms with Crippen LogP contribution in [0.5, 0.6) is 0 Å². The molecule has 0 spiro atoms. The van der Waals surface area contributed by atoms with E-state index in [0.717, 1.165) is 0 Å². The Morgan fingerprint density at radius 2 is 1.88 bits per heavy atom. The van der Waals surface area contributed by atoms with Gasteiger partial charge < -0.3 is 0 Å². The van der Waals surface area contributed by atoms with Crippen LogP contribution < -0.4 is 0 Å². The average molecular weight is 225 g/mol. The first-order valence-corrected chi connectivity index (χ1v) is 4.85. The van der Waals surface area contributed by atoms with Gasteiger partial charge in [0, 0.05) is 5.56 Å². The minimum absolute atomic E-state index is 0.0692. The minimum atomic E-state index is -0.653. The lowest BCUT2D eigenvalue weighted by molar-refractivity contribution is 0.106. The van der Waals surface area contributed by atoms with Crippen LogP contribution in [0.4, 0.5) is 4.79 Å². The lowest BCUT2D eigenvalue weighted by Crippen LogP contribution is -2.19. The van der Waals surface area contributed by atoms with Crippen molar-refractivity contribution in [1.82, 2.24) is 0 Å². The first kappa shape index (κ1) is 10.9. The molecule has 2 amide bonds. The molecule has 0 saturated carbocycles. The number of hydrogen-bond acceptors (Lipinski definition) is 3. The normalized spacial score (nSPS) is 14.0.